The van der Waals surface area contributed by atoms with Crippen LogP contribution in [0, 0.1) is 0 Å². The van der Waals surface area contributed by atoms with Gasteiger partial charge in [0.05, 0.1) is 10.8 Å². The van der Waals surface area contributed by atoms with E-state index in [0.717, 1.165) is 39.4 Å². The predicted octanol–water partition coefficient (Wildman–Crippen LogP) is 3.90. The van der Waals surface area contributed by atoms with E-state index in [0.29, 0.717) is 12.2 Å². The Morgan fingerprint density at radius 3 is 2.33 bits per heavy atom. The third-order valence-electron chi connectivity index (χ3n) is 5.26. The van der Waals surface area contributed by atoms with Crippen LogP contribution in [-0.2, 0) is 17.5 Å². The van der Waals surface area contributed by atoms with Crippen LogP contribution in [-0.4, -0.2) is 36.1 Å². The molecule has 4 heterocycles. The van der Waals surface area contributed by atoms with Crippen molar-refractivity contribution in [2.75, 3.05) is 18.1 Å². The SMILES string of the molecule is CNc1nc(Cc2cc3c(N)ncnc3n2C(C)(C)C)nc2c1ccn2C(C)(C)C. The summed E-state index contributed by atoms with van der Waals surface area (Å²) in [5.41, 5.74) is 8.69. The summed E-state index contributed by atoms with van der Waals surface area (Å²) in [6.07, 6.45) is 4.15. The third kappa shape index (κ3) is 3.26. The van der Waals surface area contributed by atoms with Gasteiger partial charge >= 0.3 is 0 Å². The molecule has 158 valence electrons. The van der Waals surface area contributed by atoms with Crippen molar-refractivity contribution >= 4 is 33.7 Å². The van der Waals surface area contributed by atoms with Gasteiger partial charge < -0.3 is 20.2 Å². The fourth-order valence-corrected chi connectivity index (χ4v) is 3.99. The molecule has 0 saturated carbocycles. The van der Waals surface area contributed by atoms with Crippen LogP contribution in [0.3, 0.4) is 0 Å². The molecule has 0 fully saturated rings. The van der Waals surface area contributed by atoms with Gasteiger partial charge in [0, 0.05) is 36.4 Å². The molecule has 0 radical (unpaired) electrons. The van der Waals surface area contributed by atoms with Crippen LogP contribution in [0.5, 0.6) is 0 Å². The van der Waals surface area contributed by atoms with Crippen molar-refractivity contribution in [1.29, 1.82) is 0 Å². The van der Waals surface area contributed by atoms with Gasteiger partial charge in [0.25, 0.3) is 0 Å². The molecule has 0 unspecified atom stereocenters. The maximum atomic E-state index is 6.14. The zero-order valence-corrected chi connectivity index (χ0v) is 18.8. The van der Waals surface area contributed by atoms with Gasteiger partial charge in [0.2, 0.25) is 0 Å². The van der Waals surface area contributed by atoms with Crippen LogP contribution in [0.4, 0.5) is 11.6 Å². The monoisotopic (exact) mass is 406 g/mol. The maximum Gasteiger partial charge on any atom is 0.146 e. The minimum Gasteiger partial charge on any atom is -0.383 e. The summed E-state index contributed by atoms with van der Waals surface area (Å²) in [6.45, 7) is 13.0. The van der Waals surface area contributed by atoms with Crippen molar-refractivity contribution in [3.8, 4) is 0 Å². The Morgan fingerprint density at radius 1 is 0.967 bits per heavy atom. The van der Waals surface area contributed by atoms with E-state index >= 15 is 0 Å². The summed E-state index contributed by atoms with van der Waals surface area (Å²) in [5.74, 6) is 2.06. The summed E-state index contributed by atoms with van der Waals surface area (Å²) in [6, 6.07) is 4.13. The van der Waals surface area contributed by atoms with Crippen LogP contribution >= 0.6 is 0 Å². The van der Waals surface area contributed by atoms with E-state index in [1.807, 2.05) is 7.05 Å². The first-order valence-corrected chi connectivity index (χ1v) is 10.2. The lowest BCUT2D eigenvalue weighted by Gasteiger charge is -2.25. The number of nitrogen functional groups attached to an aromatic ring is 1. The number of aromatic nitrogens is 6. The molecule has 4 rings (SSSR count). The van der Waals surface area contributed by atoms with E-state index in [1.54, 1.807) is 0 Å². The second-order valence-electron chi connectivity index (χ2n) is 9.65. The molecule has 0 aromatic carbocycles. The van der Waals surface area contributed by atoms with Gasteiger partial charge in [-0.15, -0.1) is 0 Å². The van der Waals surface area contributed by atoms with E-state index in [1.165, 1.54) is 6.33 Å². The zero-order chi connectivity index (χ0) is 21.8. The molecule has 0 atom stereocenters. The molecule has 4 aromatic rings. The number of nitrogens with one attached hydrogen (secondary N) is 1. The molecule has 8 heteroatoms. The van der Waals surface area contributed by atoms with Crippen molar-refractivity contribution in [2.45, 2.75) is 59.0 Å². The molecule has 0 aliphatic carbocycles. The van der Waals surface area contributed by atoms with Gasteiger partial charge in [-0.2, -0.15) is 0 Å². The number of anilines is 2. The van der Waals surface area contributed by atoms with Crippen LogP contribution in [0.1, 0.15) is 53.1 Å². The first-order valence-electron chi connectivity index (χ1n) is 10.2. The Morgan fingerprint density at radius 2 is 1.70 bits per heavy atom. The third-order valence-corrected chi connectivity index (χ3v) is 5.26. The predicted molar refractivity (Wildman–Crippen MR) is 122 cm³/mol. The van der Waals surface area contributed by atoms with Crippen molar-refractivity contribution in [3.63, 3.8) is 0 Å². The first-order chi connectivity index (χ1) is 14.0. The summed E-state index contributed by atoms with van der Waals surface area (Å²) >= 11 is 0. The van der Waals surface area contributed by atoms with Crippen molar-refractivity contribution < 1.29 is 0 Å². The number of hydrogen-bond donors (Lipinski definition) is 2. The molecule has 0 amide bonds. The van der Waals surface area contributed by atoms with Crippen LogP contribution < -0.4 is 11.1 Å². The highest BCUT2D eigenvalue weighted by atomic mass is 15.1. The highest BCUT2D eigenvalue weighted by Crippen LogP contribution is 2.31. The van der Waals surface area contributed by atoms with Gasteiger partial charge in [-0.25, -0.2) is 19.9 Å². The molecule has 8 nitrogen and oxygen atoms in total. The largest absolute Gasteiger partial charge is 0.383 e. The quantitative estimate of drug-likeness (QED) is 0.535. The molecular formula is C22H30N8. The lowest BCUT2D eigenvalue weighted by molar-refractivity contribution is 0.397. The Kier molecular flexibility index (Phi) is 4.48. The summed E-state index contributed by atoms with van der Waals surface area (Å²) in [4.78, 5) is 18.4. The minimum absolute atomic E-state index is 0.0806. The molecule has 0 saturated heterocycles. The lowest BCUT2D eigenvalue weighted by atomic mass is 10.1. The Balaban J connectivity index is 1.91. The number of nitrogens with zero attached hydrogens (tertiary/aromatic N) is 6. The standard InChI is InChI=1S/C22H30N8/c1-21(2,3)29-9-8-14-18(24-7)27-16(28-20(14)29)11-13-10-15-17(23)25-12-26-19(15)30(13)22(4,5)6/h8-10,12H,11H2,1-7H3,(H2,23,25,26)(H,24,27,28). The van der Waals surface area contributed by atoms with E-state index in [9.17, 15) is 0 Å². The van der Waals surface area contributed by atoms with E-state index in [-0.39, 0.29) is 11.1 Å². The normalized spacial score (nSPS) is 12.8. The minimum atomic E-state index is -0.181. The fourth-order valence-electron chi connectivity index (χ4n) is 3.99. The molecule has 4 aromatic heterocycles. The average molecular weight is 407 g/mol. The van der Waals surface area contributed by atoms with E-state index in [4.69, 9.17) is 15.7 Å². The second-order valence-corrected chi connectivity index (χ2v) is 9.65. The van der Waals surface area contributed by atoms with Gasteiger partial charge in [0.1, 0.15) is 35.1 Å². The Labute approximate surface area is 176 Å². The average Bonchev–Trinajstić information content (AvgIpc) is 3.22. The second kappa shape index (κ2) is 6.68. The van der Waals surface area contributed by atoms with Crippen LogP contribution in [0.15, 0.2) is 24.7 Å². The number of nitrogens with two attached hydrogens (primary N) is 1. The van der Waals surface area contributed by atoms with Crippen molar-refractivity contribution in [2.24, 2.45) is 0 Å². The topological polar surface area (TPSA) is 99.5 Å². The smallest absolute Gasteiger partial charge is 0.146 e. The molecule has 0 spiro atoms. The fraction of sp³-hybridized carbons (Fsp3) is 0.455. The maximum absolute atomic E-state index is 6.14. The van der Waals surface area contributed by atoms with E-state index < -0.39 is 0 Å². The lowest BCUT2D eigenvalue weighted by Crippen LogP contribution is -2.25. The number of rotatable bonds is 3. The van der Waals surface area contributed by atoms with Crippen molar-refractivity contribution in [1.82, 2.24) is 29.1 Å². The highest BCUT2D eigenvalue weighted by molar-refractivity contribution is 5.88. The summed E-state index contributed by atoms with van der Waals surface area (Å²) in [7, 11) is 1.89. The Bertz CT molecular complexity index is 1230. The summed E-state index contributed by atoms with van der Waals surface area (Å²) < 4.78 is 4.40. The van der Waals surface area contributed by atoms with Gasteiger partial charge in [0.15, 0.2) is 0 Å². The number of fused-ring (bicyclic) bond motifs is 2. The van der Waals surface area contributed by atoms with E-state index in [2.05, 4.69) is 84.3 Å². The molecular weight excluding hydrogens is 376 g/mol. The van der Waals surface area contributed by atoms with Crippen LogP contribution in [0.25, 0.3) is 22.1 Å². The molecule has 0 bridgehead atoms. The van der Waals surface area contributed by atoms with Crippen LogP contribution in [0.2, 0.25) is 0 Å². The molecule has 0 aliphatic heterocycles. The molecule has 3 N–H and O–H groups in total. The Hall–Kier alpha value is -3.16. The van der Waals surface area contributed by atoms with Crippen molar-refractivity contribution in [3.05, 3.63) is 36.2 Å². The van der Waals surface area contributed by atoms with Gasteiger partial charge in [-0.3, -0.25) is 0 Å². The summed E-state index contributed by atoms with van der Waals surface area (Å²) in [5, 5.41) is 5.10. The molecule has 30 heavy (non-hydrogen) atoms. The zero-order valence-electron chi connectivity index (χ0n) is 18.8. The number of hydrogen-bond acceptors (Lipinski definition) is 6. The first kappa shape index (κ1) is 20.1. The molecule has 0 aliphatic rings. The highest BCUT2D eigenvalue weighted by Gasteiger charge is 2.24. The van der Waals surface area contributed by atoms with Gasteiger partial charge in [-0.05, 0) is 53.7 Å². The van der Waals surface area contributed by atoms with Gasteiger partial charge in [-0.1, -0.05) is 0 Å².